The summed E-state index contributed by atoms with van der Waals surface area (Å²) in [4.78, 5) is 15.9. The summed E-state index contributed by atoms with van der Waals surface area (Å²) in [5.74, 6) is 0.275. The molecule has 1 fully saturated rings. The first kappa shape index (κ1) is 28.2. The van der Waals surface area contributed by atoms with Crippen LogP contribution in [-0.4, -0.2) is 66.5 Å². The van der Waals surface area contributed by atoms with E-state index in [1.165, 1.54) is 5.56 Å². The fraction of sp³-hybridized carbons (Fsp3) is 0.367. The monoisotopic (exact) mass is 505 g/mol. The van der Waals surface area contributed by atoms with Crippen LogP contribution in [-0.2, 0) is 5.60 Å². The van der Waals surface area contributed by atoms with Gasteiger partial charge in [0.05, 0.1) is 12.2 Å². The molecule has 1 amide bonds. The Kier molecular flexibility index (Phi) is 10.1. The van der Waals surface area contributed by atoms with Crippen LogP contribution >= 0.6 is 0 Å². The molecule has 1 heterocycles. The molecule has 7 heteroatoms. The summed E-state index contributed by atoms with van der Waals surface area (Å²) in [6, 6.07) is 25.3. The Balaban J connectivity index is 0.000000468. The van der Waals surface area contributed by atoms with Crippen molar-refractivity contribution >= 4 is 11.6 Å². The predicted molar refractivity (Wildman–Crippen MR) is 148 cm³/mol. The van der Waals surface area contributed by atoms with E-state index in [0.29, 0.717) is 18.7 Å². The van der Waals surface area contributed by atoms with Crippen LogP contribution in [0.1, 0.15) is 35.3 Å². The molecule has 3 aromatic carbocycles. The second kappa shape index (κ2) is 13.2. The van der Waals surface area contributed by atoms with Gasteiger partial charge in [-0.1, -0.05) is 48.0 Å². The average Bonchev–Trinajstić information content (AvgIpc) is 2.89. The molecule has 4 rings (SSSR count). The lowest BCUT2D eigenvalue weighted by molar-refractivity contribution is 0.0111. The number of nitrogens with zero attached hydrogens (tertiary/aromatic N) is 2. The quantitative estimate of drug-likeness (QED) is 0.433. The number of carbonyl (C=O) groups excluding carboxylic acids is 1. The van der Waals surface area contributed by atoms with Crippen molar-refractivity contribution in [3.63, 3.8) is 0 Å². The minimum atomic E-state index is -1.02. The molecule has 0 radical (unpaired) electrons. The molecule has 0 saturated carbocycles. The number of benzene rings is 3. The maximum Gasteiger partial charge on any atom is 0.248 e. The van der Waals surface area contributed by atoms with Gasteiger partial charge in [0.1, 0.15) is 12.4 Å². The van der Waals surface area contributed by atoms with Gasteiger partial charge in [-0.3, -0.25) is 9.69 Å². The zero-order valence-electron chi connectivity index (χ0n) is 22.0. The van der Waals surface area contributed by atoms with Gasteiger partial charge in [0.25, 0.3) is 0 Å². The number of β-amino-alcohol motifs (C(OH)–C–C–N with tert-alkyl or cyclic N) is 1. The highest BCUT2D eigenvalue weighted by Gasteiger charge is 2.31. The van der Waals surface area contributed by atoms with Crippen LogP contribution in [0.4, 0.5) is 5.69 Å². The highest BCUT2D eigenvalue weighted by atomic mass is 16.5. The van der Waals surface area contributed by atoms with Crippen LogP contribution in [0, 0.1) is 6.92 Å². The lowest BCUT2D eigenvalue weighted by Gasteiger charge is -2.43. The molecule has 4 N–H and O–H groups in total. The van der Waals surface area contributed by atoms with Crippen LogP contribution in [0.5, 0.6) is 5.75 Å². The number of carbonyl (C=O) groups is 1. The zero-order valence-corrected chi connectivity index (χ0v) is 22.0. The first-order valence-electron chi connectivity index (χ1n) is 12.7. The van der Waals surface area contributed by atoms with Gasteiger partial charge in [0.15, 0.2) is 0 Å². The topological polar surface area (TPSA) is 99.3 Å². The molecule has 37 heavy (non-hydrogen) atoms. The third kappa shape index (κ3) is 8.32. The Labute approximate surface area is 220 Å². The van der Waals surface area contributed by atoms with Crippen molar-refractivity contribution in [2.24, 2.45) is 5.73 Å². The standard InChI is InChI=1S/C23H31N3O4.C7H8/c1-17-15-25(16-23(2,29)19-5-3-18(4-6-19)22(24)28)11-12-26(17)20-7-9-21(10-8-20)30-14-13-27;1-7-5-3-2-4-6-7/h3-10,17,27,29H,11-16H2,1-2H3,(H2,24,28);2-6H,1H3/t17-,23-;/m1./s1. The Morgan fingerprint density at radius 2 is 1.68 bits per heavy atom. The van der Waals surface area contributed by atoms with E-state index in [9.17, 15) is 9.90 Å². The Hall–Kier alpha value is -3.39. The number of aryl methyl sites for hydroxylation is 1. The fourth-order valence-corrected chi connectivity index (χ4v) is 4.51. The van der Waals surface area contributed by atoms with Crippen LogP contribution in [0.2, 0.25) is 0 Å². The molecule has 1 aliphatic heterocycles. The highest BCUT2D eigenvalue weighted by Crippen LogP contribution is 2.27. The van der Waals surface area contributed by atoms with Gasteiger partial charge in [-0.15, -0.1) is 0 Å². The SMILES string of the molecule is C[C@@H]1CN(C[C@@](C)(O)c2ccc(C(N)=O)cc2)CCN1c1ccc(OCCO)cc1.Cc1ccccc1. The molecule has 7 nitrogen and oxygen atoms in total. The number of aliphatic hydroxyl groups excluding tert-OH is 1. The maximum atomic E-state index is 11.3. The Morgan fingerprint density at radius 1 is 1.03 bits per heavy atom. The van der Waals surface area contributed by atoms with E-state index < -0.39 is 11.5 Å². The first-order valence-corrected chi connectivity index (χ1v) is 12.7. The van der Waals surface area contributed by atoms with Crippen molar-refractivity contribution < 1.29 is 19.7 Å². The van der Waals surface area contributed by atoms with Crippen LogP contribution < -0.4 is 15.4 Å². The number of piperazine rings is 1. The molecule has 198 valence electrons. The van der Waals surface area contributed by atoms with Gasteiger partial charge in [0, 0.05) is 43.5 Å². The van der Waals surface area contributed by atoms with Gasteiger partial charge in [-0.05, 0) is 62.7 Å². The van der Waals surface area contributed by atoms with Gasteiger partial charge in [-0.25, -0.2) is 0 Å². The van der Waals surface area contributed by atoms with Crippen molar-refractivity contribution in [1.29, 1.82) is 0 Å². The van der Waals surface area contributed by atoms with Crippen molar-refractivity contribution in [1.82, 2.24) is 4.90 Å². The van der Waals surface area contributed by atoms with Crippen LogP contribution in [0.3, 0.4) is 0 Å². The minimum Gasteiger partial charge on any atom is -0.491 e. The molecular weight excluding hydrogens is 466 g/mol. The Morgan fingerprint density at radius 3 is 2.19 bits per heavy atom. The average molecular weight is 506 g/mol. The maximum absolute atomic E-state index is 11.3. The fourth-order valence-electron chi connectivity index (χ4n) is 4.51. The molecule has 1 saturated heterocycles. The van der Waals surface area contributed by atoms with E-state index >= 15 is 0 Å². The summed E-state index contributed by atoms with van der Waals surface area (Å²) < 4.78 is 5.43. The smallest absolute Gasteiger partial charge is 0.248 e. The largest absolute Gasteiger partial charge is 0.491 e. The highest BCUT2D eigenvalue weighted by molar-refractivity contribution is 5.92. The third-order valence-electron chi connectivity index (χ3n) is 6.50. The predicted octanol–water partition coefficient (Wildman–Crippen LogP) is 3.57. The molecule has 0 aromatic heterocycles. The first-order chi connectivity index (χ1) is 17.7. The van der Waals surface area contributed by atoms with E-state index in [4.69, 9.17) is 15.6 Å². The van der Waals surface area contributed by atoms with E-state index in [1.54, 1.807) is 31.2 Å². The zero-order chi connectivity index (χ0) is 26.8. The van der Waals surface area contributed by atoms with E-state index in [1.807, 2.05) is 42.5 Å². The van der Waals surface area contributed by atoms with Crippen molar-refractivity contribution in [2.45, 2.75) is 32.4 Å². The third-order valence-corrected chi connectivity index (χ3v) is 6.50. The number of ether oxygens (including phenoxy) is 1. The summed E-state index contributed by atoms with van der Waals surface area (Å²) in [7, 11) is 0. The van der Waals surface area contributed by atoms with Crippen LogP contribution in [0.25, 0.3) is 0 Å². The van der Waals surface area contributed by atoms with E-state index in [-0.39, 0.29) is 12.6 Å². The minimum absolute atomic E-state index is 0.000189. The summed E-state index contributed by atoms with van der Waals surface area (Å²) in [6.07, 6.45) is 0. The van der Waals surface area contributed by atoms with Gasteiger partial charge >= 0.3 is 0 Å². The lowest BCUT2D eigenvalue weighted by Crippen LogP contribution is -2.54. The van der Waals surface area contributed by atoms with Gasteiger partial charge in [-0.2, -0.15) is 0 Å². The molecule has 2 atom stereocenters. The second-order valence-corrected chi connectivity index (χ2v) is 9.71. The molecule has 0 bridgehead atoms. The molecular formula is C30H39N3O4. The Bertz CT molecular complexity index is 1100. The summed E-state index contributed by atoms with van der Waals surface area (Å²) in [5, 5.41) is 19.9. The molecule has 3 aromatic rings. The number of nitrogens with two attached hydrogens (primary N) is 1. The summed E-state index contributed by atoms with van der Waals surface area (Å²) in [6.45, 7) is 9.39. The number of primary amides is 1. The number of aliphatic hydroxyl groups is 2. The van der Waals surface area contributed by atoms with E-state index in [0.717, 1.165) is 36.6 Å². The number of amides is 1. The van der Waals surface area contributed by atoms with Crippen LogP contribution in [0.15, 0.2) is 78.9 Å². The second-order valence-electron chi connectivity index (χ2n) is 9.71. The molecule has 1 aliphatic rings. The normalized spacial score (nSPS) is 17.3. The van der Waals surface area contributed by atoms with Gasteiger partial charge < -0.3 is 25.6 Å². The molecule has 0 aliphatic carbocycles. The molecule has 0 unspecified atom stereocenters. The number of rotatable bonds is 8. The lowest BCUT2D eigenvalue weighted by atomic mass is 9.93. The number of anilines is 1. The summed E-state index contributed by atoms with van der Waals surface area (Å²) in [5.41, 5.74) is 7.93. The molecule has 0 spiro atoms. The summed E-state index contributed by atoms with van der Waals surface area (Å²) >= 11 is 0. The number of hydrogen-bond acceptors (Lipinski definition) is 6. The van der Waals surface area contributed by atoms with Crippen molar-refractivity contribution in [3.05, 3.63) is 95.6 Å². The number of hydrogen-bond donors (Lipinski definition) is 3. The van der Waals surface area contributed by atoms with Gasteiger partial charge in [0.2, 0.25) is 5.91 Å². The van der Waals surface area contributed by atoms with Crippen molar-refractivity contribution in [3.8, 4) is 5.75 Å². The van der Waals surface area contributed by atoms with E-state index in [2.05, 4.69) is 35.8 Å². The van der Waals surface area contributed by atoms with Crippen molar-refractivity contribution in [2.75, 3.05) is 44.3 Å².